The number of benzene rings is 1. The van der Waals surface area contributed by atoms with Crippen molar-refractivity contribution in [2.75, 3.05) is 10.2 Å². The minimum Gasteiger partial charge on any atom is -0.360 e. The fraction of sp³-hybridized carbons (Fsp3) is 0.389. The Bertz CT molecular complexity index is 914. The summed E-state index contributed by atoms with van der Waals surface area (Å²) in [4.78, 5) is 37.5. The maximum Gasteiger partial charge on any atom is 0.294 e. The van der Waals surface area contributed by atoms with Crippen molar-refractivity contribution in [1.82, 2.24) is 5.16 Å². The van der Waals surface area contributed by atoms with Crippen LogP contribution in [-0.2, 0) is 9.59 Å². The highest BCUT2D eigenvalue weighted by atomic mass is 16.6. The normalized spacial score (nSPS) is 22.0. The molecule has 1 N–H and O–H groups in total. The molecule has 9 nitrogen and oxygen atoms in total. The largest absolute Gasteiger partial charge is 0.360 e. The Kier molecular flexibility index (Phi) is 4.14. The number of rotatable bonds is 4. The number of carbonyl (C=O) groups is 2. The van der Waals surface area contributed by atoms with Crippen LogP contribution < -0.4 is 10.2 Å². The minimum atomic E-state index is -0.559. The van der Waals surface area contributed by atoms with Gasteiger partial charge in [-0.05, 0) is 31.9 Å². The summed E-state index contributed by atoms with van der Waals surface area (Å²) in [6.45, 7) is 1.71. The van der Waals surface area contributed by atoms with Gasteiger partial charge in [-0.15, -0.1) is 0 Å². The molecule has 1 aliphatic heterocycles. The molecule has 2 aromatic rings. The summed E-state index contributed by atoms with van der Waals surface area (Å²) < 4.78 is 4.94. The van der Waals surface area contributed by atoms with E-state index in [1.54, 1.807) is 13.0 Å². The quantitative estimate of drug-likeness (QED) is 0.498. The van der Waals surface area contributed by atoms with Gasteiger partial charge in [0.15, 0.2) is 5.82 Å². The molecule has 0 spiro atoms. The summed E-state index contributed by atoms with van der Waals surface area (Å²) in [6, 6.07) is 5.87. The first-order valence-electron chi connectivity index (χ1n) is 8.82. The molecule has 1 aromatic heterocycles. The van der Waals surface area contributed by atoms with Crippen LogP contribution in [0.5, 0.6) is 0 Å². The van der Waals surface area contributed by atoms with E-state index in [-0.39, 0.29) is 40.7 Å². The molecule has 2 atom stereocenters. The molecule has 2 amide bonds. The van der Waals surface area contributed by atoms with E-state index in [4.69, 9.17) is 4.52 Å². The van der Waals surface area contributed by atoms with E-state index in [1.165, 1.54) is 18.2 Å². The van der Waals surface area contributed by atoms with Crippen LogP contribution in [0, 0.1) is 28.9 Å². The zero-order valence-electron chi connectivity index (χ0n) is 14.7. The molecule has 2 fully saturated rings. The van der Waals surface area contributed by atoms with E-state index < -0.39 is 4.92 Å². The molecule has 140 valence electrons. The van der Waals surface area contributed by atoms with Crippen LogP contribution in [-0.4, -0.2) is 21.9 Å². The van der Waals surface area contributed by atoms with Crippen LogP contribution in [0.25, 0.3) is 0 Å². The number of fused-ring (bicyclic) bond motifs is 1. The van der Waals surface area contributed by atoms with Crippen LogP contribution in [0.15, 0.2) is 28.8 Å². The number of hydrogen-bond donors (Lipinski definition) is 1. The van der Waals surface area contributed by atoms with E-state index in [0.717, 1.165) is 17.7 Å². The van der Waals surface area contributed by atoms with Gasteiger partial charge in [-0.3, -0.25) is 19.7 Å². The van der Waals surface area contributed by atoms with Crippen LogP contribution in [0.3, 0.4) is 0 Å². The summed E-state index contributed by atoms with van der Waals surface area (Å²) in [5, 5.41) is 18.1. The van der Waals surface area contributed by atoms with Gasteiger partial charge in [0.2, 0.25) is 11.8 Å². The van der Waals surface area contributed by atoms with Crippen LogP contribution in [0.4, 0.5) is 22.9 Å². The number of aryl methyl sites for hydroxylation is 1. The number of aromatic nitrogens is 1. The number of hydrogen-bond acceptors (Lipinski definition) is 7. The molecule has 2 heterocycles. The molecular formula is C18H18N4O5. The molecule has 1 aliphatic carbocycles. The first-order chi connectivity index (χ1) is 13.0. The zero-order valence-corrected chi connectivity index (χ0v) is 14.7. The number of amides is 2. The van der Waals surface area contributed by atoms with Crippen molar-refractivity contribution in [3.63, 3.8) is 0 Å². The van der Waals surface area contributed by atoms with Gasteiger partial charge < -0.3 is 9.84 Å². The number of nitrogens with one attached hydrogen (secondary N) is 1. The van der Waals surface area contributed by atoms with Crippen molar-refractivity contribution in [2.45, 2.75) is 32.6 Å². The Morgan fingerprint density at radius 1 is 1.19 bits per heavy atom. The SMILES string of the molecule is Cc1cc(Nc2ccc(N3C(=O)C4CCCCC4C3=O)cc2[N+](=O)[O-])no1. The Labute approximate surface area is 154 Å². The summed E-state index contributed by atoms with van der Waals surface area (Å²) in [7, 11) is 0. The van der Waals surface area contributed by atoms with Crippen LogP contribution in [0.2, 0.25) is 0 Å². The molecule has 27 heavy (non-hydrogen) atoms. The second kappa shape index (κ2) is 6.49. The van der Waals surface area contributed by atoms with Crippen molar-refractivity contribution < 1.29 is 19.0 Å². The van der Waals surface area contributed by atoms with Crippen molar-refractivity contribution in [1.29, 1.82) is 0 Å². The minimum absolute atomic E-state index is 0.202. The van der Waals surface area contributed by atoms with E-state index in [1.807, 2.05) is 0 Å². The maximum atomic E-state index is 12.7. The second-order valence-corrected chi connectivity index (χ2v) is 6.92. The Balaban J connectivity index is 1.68. The van der Waals surface area contributed by atoms with E-state index in [2.05, 4.69) is 10.5 Å². The Morgan fingerprint density at radius 3 is 2.41 bits per heavy atom. The number of anilines is 3. The van der Waals surface area contributed by atoms with E-state index >= 15 is 0 Å². The third-order valence-electron chi connectivity index (χ3n) is 5.17. The third-order valence-corrected chi connectivity index (χ3v) is 5.17. The van der Waals surface area contributed by atoms with Gasteiger partial charge in [-0.2, -0.15) is 0 Å². The molecule has 1 saturated carbocycles. The third kappa shape index (κ3) is 2.94. The van der Waals surface area contributed by atoms with Gasteiger partial charge in [0.05, 0.1) is 22.4 Å². The molecule has 9 heteroatoms. The monoisotopic (exact) mass is 370 g/mol. The fourth-order valence-electron chi connectivity index (χ4n) is 3.90. The fourth-order valence-corrected chi connectivity index (χ4v) is 3.90. The van der Waals surface area contributed by atoms with E-state index in [9.17, 15) is 19.7 Å². The molecule has 2 unspecified atom stereocenters. The summed E-state index contributed by atoms with van der Waals surface area (Å²) >= 11 is 0. The van der Waals surface area contributed by atoms with Crippen molar-refractivity contribution in [3.8, 4) is 0 Å². The number of imide groups is 1. The zero-order chi connectivity index (χ0) is 19.1. The second-order valence-electron chi connectivity index (χ2n) is 6.92. The average molecular weight is 370 g/mol. The lowest BCUT2D eigenvalue weighted by Gasteiger charge is -2.19. The predicted molar refractivity (Wildman–Crippen MR) is 95.6 cm³/mol. The highest BCUT2D eigenvalue weighted by Crippen LogP contribution is 2.41. The Hall–Kier alpha value is -3.23. The van der Waals surface area contributed by atoms with Crippen LogP contribution >= 0.6 is 0 Å². The molecular weight excluding hydrogens is 352 g/mol. The summed E-state index contributed by atoms with van der Waals surface area (Å²) in [5.41, 5.74) is 0.185. The lowest BCUT2D eigenvalue weighted by atomic mass is 9.81. The number of nitro benzene ring substituents is 1. The highest BCUT2D eigenvalue weighted by molar-refractivity contribution is 6.22. The predicted octanol–water partition coefficient (Wildman–Crippen LogP) is 3.31. The molecule has 0 bridgehead atoms. The van der Waals surface area contributed by atoms with Crippen LogP contribution in [0.1, 0.15) is 31.4 Å². The van der Waals surface area contributed by atoms with Gasteiger partial charge in [-0.1, -0.05) is 18.0 Å². The first-order valence-corrected chi connectivity index (χ1v) is 8.82. The highest BCUT2D eigenvalue weighted by Gasteiger charge is 2.49. The van der Waals surface area contributed by atoms with E-state index in [0.29, 0.717) is 24.4 Å². The van der Waals surface area contributed by atoms with Gasteiger partial charge in [-0.25, -0.2) is 4.90 Å². The van der Waals surface area contributed by atoms with Crippen molar-refractivity contribution in [3.05, 3.63) is 40.1 Å². The smallest absolute Gasteiger partial charge is 0.294 e. The van der Waals surface area contributed by atoms with Crippen molar-refractivity contribution in [2.24, 2.45) is 11.8 Å². The van der Waals surface area contributed by atoms with Gasteiger partial charge >= 0.3 is 0 Å². The molecule has 1 aromatic carbocycles. The number of nitro groups is 1. The lowest BCUT2D eigenvalue weighted by Crippen LogP contribution is -2.30. The molecule has 4 rings (SSSR count). The van der Waals surface area contributed by atoms with Gasteiger partial charge in [0.25, 0.3) is 5.69 Å². The van der Waals surface area contributed by atoms with Crippen molar-refractivity contribution >= 4 is 34.7 Å². The number of nitrogens with zero attached hydrogens (tertiary/aromatic N) is 3. The Morgan fingerprint density at radius 2 is 1.85 bits per heavy atom. The maximum absolute atomic E-state index is 12.7. The number of carbonyl (C=O) groups excluding carboxylic acids is 2. The summed E-state index contributed by atoms with van der Waals surface area (Å²) in [6.07, 6.45) is 3.24. The molecule has 2 aliphatic rings. The van der Waals surface area contributed by atoms with Gasteiger partial charge in [0.1, 0.15) is 11.4 Å². The topological polar surface area (TPSA) is 119 Å². The van der Waals surface area contributed by atoms with Gasteiger partial charge in [0, 0.05) is 12.1 Å². The summed E-state index contributed by atoms with van der Waals surface area (Å²) in [5.74, 6) is -0.226. The average Bonchev–Trinajstić information content (AvgIpc) is 3.17. The molecule has 0 radical (unpaired) electrons. The standard InChI is InChI=1S/C18H18N4O5/c1-10-8-16(20-27-10)19-14-7-6-11(9-15(14)22(25)26)21-17(23)12-4-2-3-5-13(12)18(21)24/h6-9,12-13H,2-5H2,1H3,(H,19,20). The molecule has 1 saturated heterocycles. The lowest BCUT2D eigenvalue weighted by molar-refractivity contribution is -0.383. The first kappa shape index (κ1) is 17.2.